The van der Waals surface area contributed by atoms with Gasteiger partial charge in [0.05, 0.1) is 11.9 Å². The van der Waals surface area contributed by atoms with Gasteiger partial charge in [0.1, 0.15) is 23.4 Å². The highest BCUT2D eigenvalue weighted by Gasteiger charge is 2.14. The molecule has 0 unspecified atom stereocenters. The van der Waals surface area contributed by atoms with Crippen LogP contribution in [-0.2, 0) is 0 Å². The van der Waals surface area contributed by atoms with Gasteiger partial charge in [0, 0.05) is 23.2 Å². The molecule has 0 atom stereocenters. The molecule has 4 aromatic rings. The van der Waals surface area contributed by atoms with Gasteiger partial charge in [-0.2, -0.15) is 16.4 Å². The number of nitrogens with zero attached hydrogens (tertiary/aromatic N) is 3. The first-order chi connectivity index (χ1) is 12.4. The Morgan fingerprint density at radius 2 is 2.20 bits per heavy atom. The average Bonchev–Trinajstić information content (AvgIpc) is 3.33. The third-order valence-electron chi connectivity index (χ3n) is 4.00. The van der Waals surface area contributed by atoms with E-state index in [2.05, 4.69) is 30.8 Å². The van der Waals surface area contributed by atoms with Crippen molar-refractivity contribution in [1.82, 2.24) is 20.2 Å². The number of anilines is 3. The van der Waals surface area contributed by atoms with Crippen molar-refractivity contribution in [2.45, 2.75) is 0 Å². The summed E-state index contributed by atoms with van der Waals surface area (Å²) >= 11 is 1.62. The molecule has 5 rings (SSSR count). The minimum Gasteiger partial charge on any atom is -0.490 e. The van der Waals surface area contributed by atoms with Crippen LogP contribution in [0.25, 0.3) is 22.4 Å². The van der Waals surface area contributed by atoms with Gasteiger partial charge in [0.25, 0.3) is 0 Å². The molecule has 0 radical (unpaired) electrons. The van der Waals surface area contributed by atoms with Crippen molar-refractivity contribution in [3.8, 4) is 17.1 Å². The fourth-order valence-corrected chi connectivity index (χ4v) is 3.44. The van der Waals surface area contributed by atoms with Crippen molar-refractivity contribution in [3.05, 3.63) is 41.2 Å². The Morgan fingerprint density at radius 1 is 1.20 bits per heavy atom. The molecule has 0 saturated heterocycles. The van der Waals surface area contributed by atoms with Gasteiger partial charge in [-0.25, -0.2) is 9.97 Å². The fraction of sp³-hybridized carbons (Fsp3) is 0.118. The lowest BCUT2D eigenvalue weighted by Gasteiger charge is -2.20. The van der Waals surface area contributed by atoms with Gasteiger partial charge >= 0.3 is 0 Å². The molecule has 0 saturated carbocycles. The maximum absolute atomic E-state index is 5.62. The average molecular weight is 350 g/mol. The van der Waals surface area contributed by atoms with E-state index in [1.807, 2.05) is 35.0 Å². The Labute approximate surface area is 147 Å². The van der Waals surface area contributed by atoms with Crippen LogP contribution in [0.1, 0.15) is 0 Å². The van der Waals surface area contributed by atoms with Gasteiger partial charge in [-0.15, -0.1) is 0 Å². The van der Waals surface area contributed by atoms with Crippen molar-refractivity contribution in [2.24, 2.45) is 0 Å². The Morgan fingerprint density at radius 3 is 3.12 bits per heavy atom. The van der Waals surface area contributed by atoms with E-state index in [-0.39, 0.29) is 0 Å². The second-order valence-corrected chi connectivity index (χ2v) is 6.43. The van der Waals surface area contributed by atoms with E-state index in [0.29, 0.717) is 18.2 Å². The summed E-state index contributed by atoms with van der Waals surface area (Å²) in [6, 6.07) is 7.95. The monoisotopic (exact) mass is 350 g/mol. The number of H-pyrrole nitrogens is 1. The number of thiophene rings is 1. The second-order valence-electron chi connectivity index (χ2n) is 5.65. The zero-order valence-corrected chi connectivity index (χ0v) is 13.9. The molecule has 124 valence electrons. The number of hydrogen-bond acceptors (Lipinski definition) is 7. The summed E-state index contributed by atoms with van der Waals surface area (Å²) in [5.74, 6) is 2.24. The van der Waals surface area contributed by atoms with Crippen molar-refractivity contribution in [3.63, 3.8) is 0 Å². The zero-order valence-electron chi connectivity index (χ0n) is 13.1. The summed E-state index contributed by atoms with van der Waals surface area (Å²) in [6.07, 6.45) is 1.71. The SMILES string of the molecule is c1cc(-c2nc(Nc3ccc4c(c3)NCCO4)c3[nH]ncc3n2)cs1. The molecule has 7 nitrogen and oxygen atoms in total. The maximum atomic E-state index is 5.62. The summed E-state index contributed by atoms with van der Waals surface area (Å²) in [6.45, 7) is 1.49. The van der Waals surface area contributed by atoms with Crippen LogP contribution >= 0.6 is 11.3 Å². The van der Waals surface area contributed by atoms with E-state index < -0.39 is 0 Å². The number of hydrogen-bond donors (Lipinski definition) is 3. The van der Waals surface area contributed by atoms with Crippen LogP contribution < -0.4 is 15.4 Å². The number of aromatic nitrogens is 4. The molecule has 3 N–H and O–H groups in total. The number of fused-ring (bicyclic) bond motifs is 2. The molecule has 3 aromatic heterocycles. The van der Waals surface area contributed by atoms with E-state index in [4.69, 9.17) is 4.74 Å². The third-order valence-corrected chi connectivity index (χ3v) is 4.68. The largest absolute Gasteiger partial charge is 0.490 e. The van der Waals surface area contributed by atoms with Crippen molar-refractivity contribution >= 4 is 39.6 Å². The first-order valence-corrected chi connectivity index (χ1v) is 8.82. The predicted octanol–water partition coefficient (Wildman–Crippen LogP) is 3.63. The number of aromatic amines is 1. The highest BCUT2D eigenvalue weighted by molar-refractivity contribution is 7.08. The third kappa shape index (κ3) is 2.56. The van der Waals surface area contributed by atoms with Gasteiger partial charge in [-0.1, -0.05) is 0 Å². The molecule has 0 aliphatic carbocycles. The Kier molecular flexibility index (Phi) is 3.27. The number of nitrogens with one attached hydrogen (secondary N) is 3. The molecule has 8 heteroatoms. The van der Waals surface area contributed by atoms with Crippen LogP contribution in [0, 0.1) is 0 Å². The van der Waals surface area contributed by atoms with Crippen molar-refractivity contribution < 1.29 is 4.74 Å². The quantitative estimate of drug-likeness (QED) is 0.523. The molecular formula is C17H14N6OS. The van der Waals surface area contributed by atoms with E-state index in [0.717, 1.165) is 40.3 Å². The van der Waals surface area contributed by atoms with E-state index in [1.165, 1.54) is 0 Å². The normalized spacial score (nSPS) is 13.1. The molecule has 0 spiro atoms. The minimum absolute atomic E-state index is 0.678. The van der Waals surface area contributed by atoms with E-state index in [1.54, 1.807) is 17.5 Å². The number of ether oxygens (including phenoxy) is 1. The van der Waals surface area contributed by atoms with Crippen LogP contribution in [0.4, 0.5) is 17.2 Å². The molecule has 4 heterocycles. The highest BCUT2D eigenvalue weighted by atomic mass is 32.1. The molecule has 1 aromatic carbocycles. The summed E-state index contributed by atoms with van der Waals surface area (Å²) in [4.78, 5) is 9.26. The summed E-state index contributed by atoms with van der Waals surface area (Å²) < 4.78 is 5.62. The van der Waals surface area contributed by atoms with Gasteiger partial charge < -0.3 is 15.4 Å². The van der Waals surface area contributed by atoms with Crippen LogP contribution in [0.5, 0.6) is 5.75 Å². The topological polar surface area (TPSA) is 87.8 Å². The molecule has 0 fully saturated rings. The van der Waals surface area contributed by atoms with Crippen LogP contribution in [0.3, 0.4) is 0 Å². The molecule has 1 aliphatic heterocycles. The molecule has 0 amide bonds. The van der Waals surface area contributed by atoms with E-state index >= 15 is 0 Å². The minimum atomic E-state index is 0.678. The molecule has 1 aliphatic rings. The first-order valence-electron chi connectivity index (χ1n) is 7.88. The van der Waals surface area contributed by atoms with E-state index in [9.17, 15) is 0 Å². The Balaban J connectivity index is 1.57. The maximum Gasteiger partial charge on any atom is 0.163 e. The standard InChI is InChI=1S/C17H14N6OS/c1-2-14-12(18-4-5-24-14)7-11(1)20-17-15-13(8-19-23-15)21-16(22-17)10-3-6-25-9-10/h1-3,6-9,18H,4-5H2,(H,19,23)(H,20,21,22). The second kappa shape index (κ2) is 5.75. The van der Waals surface area contributed by atoms with Crippen LogP contribution in [0.15, 0.2) is 41.2 Å². The lowest BCUT2D eigenvalue weighted by atomic mass is 10.2. The van der Waals surface area contributed by atoms with Crippen molar-refractivity contribution in [2.75, 3.05) is 23.8 Å². The van der Waals surface area contributed by atoms with Gasteiger partial charge in [-0.3, -0.25) is 5.10 Å². The number of benzene rings is 1. The lowest BCUT2D eigenvalue weighted by Crippen LogP contribution is -2.17. The number of rotatable bonds is 3. The van der Waals surface area contributed by atoms with Crippen LogP contribution in [0.2, 0.25) is 0 Å². The Bertz CT molecular complexity index is 1040. The molecular weight excluding hydrogens is 336 g/mol. The smallest absolute Gasteiger partial charge is 0.163 e. The predicted molar refractivity (Wildman–Crippen MR) is 98.7 cm³/mol. The summed E-state index contributed by atoms with van der Waals surface area (Å²) in [7, 11) is 0. The fourth-order valence-electron chi connectivity index (χ4n) is 2.81. The molecule has 25 heavy (non-hydrogen) atoms. The van der Waals surface area contributed by atoms with Gasteiger partial charge in [-0.05, 0) is 29.6 Å². The van der Waals surface area contributed by atoms with Crippen LogP contribution in [-0.4, -0.2) is 33.3 Å². The van der Waals surface area contributed by atoms with Gasteiger partial charge in [0.2, 0.25) is 0 Å². The molecule has 0 bridgehead atoms. The Hall–Kier alpha value is -3.13. The first kappa shape index (κ1) is 14.2. The highest BCUT2D eigenvalue weighted by Crippen LogP contribution is 2.32. The summed E-state index contributed by atoms with van der Waals surface area (Å²) in [5.41, 5.74) is 4.45. The van der Waals surface area contributed by atoms with Crippen molar-refractivity contribution in [1.29, 1.82) is 0 Å². The lowest BCUT2D eigenvalue weighted by molar-refractivity contribution is 0.323. The van der Waals surface area contributed by atoms with Gasteiger partial charge in [0.15, 0.2) is 11.6 Å². The summed E-state index contributed by atoms with van der Waals surface area (Å²) in [5, 5.41) is 17.8. The zero-order chi connectivity index (χ0) is 16.6.